The molecule has 1 rings (SSSR count). The van der Waals surface area contributed by atoms with Crippen LogP contribution in [0.3, 0.4) is 0 Å². The van der Waals surface area contributed by atoms with Gasteiger partial charge in [-0.15, -0.1) is 0 Å². The van der Waals surface area contributed by atoms with Gasteiger partial charge in [-0.2, -0.15) is 0 Å². The van der Waals surface area contributed by atoms with E-state index < -0.39 is 5.97 Å². The molecule has 0 bridgehead atoms. The Labute approximate surface area is 102 Å². The van der Waals surface area contributed by atoms with Crippen LogP contribution in [0.2, 0.25) is 0 Å². The van der Waals surface area contributed by atoms with Crippen molar-refractivity contribution >= 4 is 5.97 Å². The van der Waals surface area contributed by atoms with E-state index in [0.717, 1.165) is 11.1 Å². The molecule has 1 aromatic carbocycles. The fourth-order valence-corrected chi connectivity index (χ4v) is 1.52. The predicted octanol–water partition coefficient (Wildman–Crippen LogP) is 3.00. The number of rotatable bonds is 4. The molecule has 0 aromatic heterocycles. The molecule has 0 radical (unpaired) electrons. The lowest BCUT2D eigenvalue weighted by Crippen LogP contribution is -2.08. The standard InChI is InChI=1S/C14H18O3/c1-5-10-7-12(17-14(16)9(3)4)8-11(6-2)13(10)15/h7-8,15H,3,5-6H2,1-2,4H3. The first-order valence-electron chi connectivity index (χ1n) is 5.72. The average molecular weight is 234 g/mol. The SMILES string of the molecule is C=C(C)C(=O)Oc1cc(CC)c(O)c(CC)c1. The third-order valence-electron chi connectivity index (χ3n) is 2.56. The van der Waals surface area contributed by atoms with Gasteiger partial charge in [0.2, 0.25) is 0 Å². The maximum atomic E-state index is 11.4. The van der Waals surface area contributed by atoms with Crippen molar-refractivity contribution in [3.05, 3.63) is 35.4 Å². The van der Waals surface area contributed by atoms with Crippen LogP contribution in [0.15, 0.2) is 24.3 Å². The molecule has 0 unspecified atom stereocenters. The Balaban J connectivity index is 3.09. The summed E-state index contributed by atoms with van der Waals surface area (Å²) in [5.41, 5.74) is 1.93. The van der Waals surface area contributed by atoms with Gasteiger partial charge in [-0.05, 0) is 43.0 Å². The van der Waals surface area contributed by atoms with Crippen molar-refractivity contribution in [1.29, 1.82) is 0 Å². The summed E-state index contributed by atoms with van der Waals surface area (Å²) in [7, 11) is 0. The predicted molar refractivity (Wildman–Crippen MR) is 67.3 cm³/mol. The molecule has 3 nitrogen and oxygen atoms in total. The number of benzene rings is 1. The smallest absolute Gasteiger partial charge is 0.338 e. The van der Waals surface area contributed by atoms with E-state index in [9.17, 15) is 9.90 Å². The zero-order chi connectivity index (χ0) is 13.0. The number of aryl methyl sites for hydroxylation is 2. The fourth-order valence-electron chi connectivity index (χ4n) is 1.52. The summed E-state index contributed by atoms with van der Waals surface area (Å²) in [4.78, 5) is 11.4. The molecule has 0 fully saturated rings. The lowest BCUT2D eigenvalue weighted by molar-refractivity contribution is -0.130. The topological polar surface area (TPSA) is 46.5 Å². The van der Waals surface area contributed by atoms with Crippen molar-refractivity contribution in [1.82, 2.24) is 0 Å². The second-order valence-corrected chi connectivity index (χ2v) is 3.97. The number of hydrogen-bond donors (Lipinski definition) is 1. The molecule has 1 N–H and O–H groups in total. The van der Waals surface area contributed by atoms with Crippen molar-refractivity contribution in [3.8, 4) is 11.5 Å². The Kier molecular flexibility index (Phi) is 4.32. The molecule has 0 aliphatic rings. The highest BCUT2D eigenvalue weighted by molar-refractivity contribution is 5.88. The molecule has 0 saturated carbocycles. The third kappa shape index (κ3) is 3.09. The van der Waals surface area contributed by atoms with Crippen molar-refractivity contribution < 1.29 is 14.6 Å². The minimum Gasteiger partial charge on any atom is -0.507 e. The normalized spacial score (nSPS) is 10.1. The van der Waals surface area contributed by atoms with Crippen LogP contribution in [-0.2, 0) is 17.6 Å². The van der Waals surface area contributed by atoms with E-state index >= 15 is 0 Å². The van der Waals surface area contributed by atoms with Gasteiger partial charge in [-0.1, -0.05) is 20.4 Å². The summed E-state index contributed by atoms with van der Waals surface area (Å²) in [5, 5.41) is 9.90. The quantitative estimate of drug-likeness (QED) is 0.495. The van der Waals surface area contributed by atoms with Crippen LogP contribution in [-0.4, -0.2) is 11.1 Å². The molecule has 3 heteroatoms. The lowest BCUT2D eigenvalue weighted by Gasteiger charge is -2.11. The van der Waals surface area contributed by atoms with Crippen LogP contribution in [0.25, 0.3) is 0 Å². The van der Waals surface area contributed by atoms with Gasteiger partial charge in [-0.25, -0.2) is 4.79 Å². The molecule has 92 valence electrons. The summed E-state index contributed by atoms with van der Waals surface area (Å²) >= 11 is 0. The maximum absolute atomic E-state index is 11.4. The first kappa shape index (κ1) is 13.3. The number of hydrogen-bond acceptors (Lipinski definition) is 3. The number of phenolic OH excluding ortho intramolecular Hbond substituents is 1. The molecule has 1 aromatic rings. The monoisotopic (exact) mass is 234 g/mol. The first-order valence-corrected chi connectivity index (χ1v) is 5.72. The van der Waals surface area contributed by atoms with E-state index in [1.54, 1.807) is 19.1 Å². The van der Waals surface area contributed by atoms with Crippen LogP contribution in [0, 0.1) is 0 Å². The zero-order valence-electron chi connectivity index (χ0n) is 10.5. The minimum absolute atomic E-state index is 0.296. The molecule has 0 spiro atoms. The first-order chi connectivity index (χ1) is 7.99. The number of carbonyl (C=O) groups excluding carboxylic acids is 1. The number of ether oxygens (including phenoxy) is 1. The lowest BCUT2D eigenvalue weighted by atomic mass is 10.0. The van der Waals surface area contributed by atoms with E-state index in [1.807, 2.05) is 13.8 Å². The molecular weight excluding hydrogens is 216 g/mol. The van der Waals surface area contributed by atoms with Gasteiger partial charge < -0.3 is 9.84 Å². The highest BCUT2D eigenvalue weighted by atomic mass is 16.5. The van der Waals surface area contributed by atoms with Crippen LogP contribution in [0.1, 0.15) is 31.9 Å². The van der Waals surface area contributed by atoms with E-state index in [0.29, 0.717) is 29.9 Å². The summed E-state index contributed by atoms with van der Waals surface area (Å²) < 4.78 is 5.17. The van der Waals surface area contributed by atoms with Crippen LogP contribution in [0.4, 0.5) is 0 Å². The van der Waals surface area contributed by atoms with E-state index in [4.69, 9.17) is 4.74 Å². The molecule has 0 saturated heterocycles. The van der Waals surface area contributed by atoms with Gasteiger partial charge >= 0.3 is 5.97 Å². The molecule has 0 aliphatic heterocycles. The Morgan fingerprint density at radius 1 is 1.29 bits per heavy atom. The van der Waals surface area contributed by atoms with Crippen molar-refractivity contribution in [3.63, 3.8) is 0 Å². The highest BCUT2D eigenvalue weighted by Crippen LogP contribution is 2.29. The van der Waals surface area contributed by atoms with Gasteiger partial charge in [-0.3, -0.25) is 0 Å². The Morgan fingerprint density at radius 3 is 2.12 bits per heavy atom. The van der Waals surface area contributed by atoms with Crippen molar-refractivity contribution in [2.75, 3.05) is 0 Å². The summed E-state index contributed by atoms with van der Waals surface area (Å²) in [6, 6.07) is 3.38. The fraction of sp³-hybridized carbons (Fsp3) is 0.357. The molecule has 0 aliphatic carbocycles. The van der Waals surface area contributed by atoms with E-state index in [-0.39, 0.29) is 0 Å². The molecule has 0 atom stereocenters. The largest absolute Gasteiger partial charge is 0.507 e. The van der Waals surface area contributed by atoms with Gasteiger partial charge in [0.05, 0.1) is 0 Å². The minimum atomic E-state index is -0.445. The maximum Gasteiger partial charge on any atom is 0.338 e. The van der Waals surface area contributed by atoms with E-state index in [2.05, 4.69) is 6.58 Å². The summed E-state index contributed by atoms with van der Waals surface area (Å²) in [5.74, 6) is 0.314. The van der Waals surface area contributed by atoms with Gasteiger partial charge in [0, 0.05) is 5.57 Å². The number of phenols is 1. The van der Waals surface area contributed by atoms with E-state index in [1.165, 1.54) is 0 Å². The summed E-state index contributed by atoms with van der Waals surface area (Å²) in [6.45, 7) is 9.02. The highest BCUT2D eigenvalue weighted by Gasteiger charge is 2.11. The van der Waals surface area contributed by atoms with Crippen LogP contribution < -0.4 is 4.74 Å². The van der Waals surface area contributed by atoms with Gasteiger partial charge in [0.1, 0.15) is 11.5 Å². The Morgan fingerprint density at radius 2 is 1.76 bits per heavy atom. The van der Waals surface area contributed by atoms with Crippen molar-refractivity contribution in [2.45, 2.75) is 33.6 Å². The molecular formula is C14H18O3. The second kappa shape index (κ2) is 5.53. The zero-order valence-corrected chi connectivity index (χ0v) is 10.5. The molecule has 17 heavy (non-hydrogen) atoms. The molecule has 0 amide bonds. The second-order valence-electron chi connectivity index (χ2n) is 3.97. The molecule has 0 heterocycles. The Hall–Kier alpha value is -1.77. The van der Waals surface area contributed by atoms with Crippen LogP contribution in [0.5, 0.6) is 11.5 Å². The van der Waals surface area contributed by atoms with Crippen LogP contribution >= 0.6 is 0 Å². The third-order valence-corrected chi connectivity index (χ3v) is 2.56. The summed E-state index contributed by atoms with van der Waals surface area (Å²) in [6.07, 6.45) is 1.38. The average Bonchev–Trinajstić information content (AvgIpc) is 2.30. The Bertz CT molecular complexity index is 422. The van der Waals surface area contributed by atoms with Gasteiger partial charge in [0.15, 0.2) is 0 Å². The number of esters is 1. The van der Waals surface area contributed by atoms with Crippen molar-refractivity contribution in [2.24, 2.45) is 0 Å². The number of aromatic hydroxyl groups is 1. The van der Waals surface area contributed by atoms with Gasteiger partial charge in [0.25, 0.3) is 0 Å². The number of carbonyl (C=O) groups is 1.